The summed E-state index contributed by atoms with van der Waals surface area (Å²) in [5.41, 5.74) is 13.6. The van der Waals surface area contributed by atoms with E-state index in [1.165, 1.54) is 44.5 Å². The highest BCUT2D eigenvalue weighted by atomic mass is 32.2. The molecule has 228 valence electrons. The minimum Gasteiger partial charge on any atom is -0.289 e. The summed E-state index contributed by atoms with van der Waals surface area (Å²) >= 11 is 0. The van der Waals surface area contributed by atoms with Crippen LogP contribution in [-0.2, 0) is 20.7 Å². The van der Waals surface area contributed by atoms with E-state index in [0.717, 1.165) is 22.3 Å². The maximum atomic E-state index is 14.2. The van der Waals surface area contributed by atoms with Crippen molar-refractivity contribution in [3.05, 3.63) is 155 Å². The fraction of sp³-hybridized carbons (Fsp3) is 0.140. The molecule has 3 aliphatic rings. The highest BCUT2D eigenvalue weighted by Gasteiger charge is 2.38. The Hall–Kier alpha value is -5.06. The summed E-state index contributed by atoms with van der Waals surface area (Å²) in [4.78, 5) is 14.3. The number of fused-ring (bicyclic) bond motifs is 8. The average Bonchev–Trinajstić information content (AvgIpc) is 3.46. The molecule has 6 aromatic rings. The highest BCUT2D eigenvalue weighted by molar-refractivity contribution is 7.91. The average molecular weight is 629 g/mol. The van der Waals surface area contributed by atoms with E-state index in [1.807, 2.05) is 12.1 Å². The number of hydrogen-bond donors (Lipinski definition) is 0. The molecule has 2 aliphatic carbocycles. The van der Waals surface area contributed by atoms with E-state index < -0.39 is 9.84 Å². The maximum Gasteiger partial charge on any atom is 0.208 e. The van der Waals surface area contributed by atoms with Crippen molar-refractivity contribution in [3.63, 3.8) is 0 Å². The van der Waals surface area contributed by atoms with E-state index in [2.05, 4.69) is 113 Å². The van der Waals surface area contributed by atoms with Gasteiger partial charge < -0.3 is 0 Å². The standard InChI is InChI=1S/C43H32O3S/c1-42(2)35-11-7-5-9-29(35)31-17-13-27(23-37(31)42)25-15-19-39-33(21-25)41(44)34-22-26(16-20-40(34)47(39,45)46)28-14-18-32-30-10-6-8-12-36(30)43(3,4)38(32)24-28/h5-24H,1-4H3. The summed E-state index contributed by atoms with van der Waals surface area (Å²) in [5, 5.41) is 0. The van der Waals surface area contributed by atoms with Gasteiger partial charge in [0, 0.05) is 22.0 Å². The van der Waals surface area contributed by atoms with Gasteiger partial charge in [0.05, 0.1) is 9.79 Å². The lowest BCUT2D eigenvalue weighted by atomic mass is 9.81. The Kier molecular flexibility index (Phi) is 5.56. The lowest BCUT2D eigenvalue weighted by Gasteiger charge is -2.23. The SMILES string of the molecule is CC1(C)c2ccccc2-c2ccc(-c3ccc4c(c3)C(=O)c3cc(-c5ccc6c(c5)C(C)(C)c5ccccc5-6)ccc3S4(=O)=O)cc21. The number of rotatable bonds is 2. The van der Waals surface area contributed by atoms with Gasteiger partial charge in [0.25, 0.3) is 0 Å². The number of carbonyl (C=O) groups is 1. The third-order valence-electron chi connectivity index (χ3n) is 10.9. The van der Waals surface area contributed by atoms with Gasteiger partial charge >= 0.3 is 0 Å². The first-order chi connectivity index (χ1) is 22.5. The third kappa shape index (κ3) is 3.73. The smallest absolute Gasteiger partial charge is 0.208 e. The molecule has 0 aromatic heterocycles. The predicted octanol–water partition coefficient (Wildman–Crippen LogP) is 10.0. The third-order valence-corrected chi connectivity index (χ3v) is 12.7. The van der Waals surface area contributed by atoms with E-state index >= 15 is 0 Å². The second-order valence-electron chi connectivity index (χ2n) is 14.1. The molecule has 0 bridgehead atoms. The van der Waals surface area contributed by atoms with Crippen LogP contribution in [0.2, 0.25) is 0 Å². The van der Waals surface area contributed by atoms with Crippen molar-refractivity contribution in [1.29, 1.82) is 0 Å². The zero-order chi connectivity index (χ0) is 32.5. The summed E-state index contributed by atoms with van der Waals surface area (Å²) in [6.07, 6.45) is 0. The van der Waals surface area contributed by atoms with Gasteiger partial charge in [-0.2, -0.15) is 0 Å². The Bertz CT molecular complexity index is 2330. The number of ketones is 1. The highest BCUT2D eigenvalue weighted by Crippen LogP contribution is 2.51. The molecule has 1 heterocycles. The molecule has 3 nitrogen and oxygen atoms in total. The molecule has 0 radical (unpaired) electrons. The summed E-state index contributed by atoms with van der Waals surface area (Å²) < 4.78 is 27.8. The van der Waals surface area contributed by atoms with Crippen LogP contribution >= 0.6 is 0 Å². The number of sulfone groups is 1. The first-order valence-corrected chi connectivity index (χ1v) is 17.5. The largest absolute Gasteiger partial charge is 0.289 e. The van der Waals surface area contributed by atoms with Crippen LogP contribution in [0.3, 0.4) is 0 Å². The van der Waals surface area contributed by atoms with Gasteiger partial charge in [0.2, 0.25) is 9.84 Å². The van der Waals surface area contributed by atoms with Gasteiger partial charge in [-0.15, -0.1) is 0 Å². The molecule has 0 atom stereocenters. The van der Waals surface area contributed by atoms with Gasteiger partial charge in [-0.1, -0.05) is 113 Å². The zero-order valence-corrected chi connectivity index (χ0v) is 27.5. The van der Waals surface area contributed by atoms with Crippen molar-refractivity contribution < 1.29 is 13.2 Å². The van der Waals surface area contributed by atoms with Crippen molar-refractivity contribution in [2.24, 2.45) is 0 Å². The van der Waals surface area contributed by atoms with Crippen LogP contribution in [0.5, 0.6) is 0 Å². The van der Waals surface area contributed by atoms with E-state index in [-0.39, 0.29) is 37.5 Å². The Morgan fingerprint density at radius 2 is 0.766 bits per heavy atom. The molecule has 1 aliphatic heterocycles. The van der Waals surface area contributed by atoms with Crippen LogP contribution in [0, 0.1) is 0 Å². The Morgan fingerprint density at radius 1 is 0.404 bits per heavy atom. The van der Waals surface area contributed by atoms with Crippen LogP contribution in [0.4, 0.5) is 0 Å². The molecule has 0 N–H and O–H groups in total. The van der Waals surface area contributed by atoms with Gasteiger partial charge in [0.1, 0.15) is 0 Å². The van der Waals surface area contributed by atoms with Gasteiger partial charge in [0.15, 0.2) is 5.78 Å². The van der Waals surface area contributed by atoms with Crippen molar-refractivity contribution in [2.45, 2.75) is 48.3 Å². The molecule has 6 aromatic carbocycles. The molecule has 47 heavy (non-hydrogen) atoms. The first-order valence-electron chi connectivity index (χ1n) is 16.1. The van der Waals surface area contributed by atoms with Crippen LogP contribution < -0.4 is 0 Å². The van der Waals surface area contributed by atoms with Crippen LogP contribution in [0.1, 0.15) is 65.9 Å². The second kappa shape index (κ2) is 9.27. The Balaban J connectivity index is 1.12. The Labute approximate surface area is 275 Å². The Morgan fingerprint density at radius 3 is 1.21 bits per heavy atom. The molecule has 0 amide bonds. The molecule has 0 fully saturated rings. The lowest BCUT2D eigenvalue weighted by Crippen LogP contribution is -2.20. The summed E-state index contributed by atoms with van der Waals surface area (Å²) in [6.45, 7) is 8.94. The van der Waals surface area contributed by atoms with Crippen molar-refractivity contribution in [2.75, 3.05) is 0 Å². The molecule has 0 spiro atoms. The second-order valence-corrected chi connectivity index (χ2v) is 16.0. The van der Waals surface area contributed by atoms with E-state index in [9.17, 15) is 13.2 Å². The molecular formula is C43H32O3S. The summed E-state index contributed by atoms with van der Waals surface area (Å²) in [6, 6.07) is 40.2. The van der Waals surface area contributed by atoms with Gasteiger partial charge in [-0.3, -0.25) is 4.79 Å². The first kappa shape index (κ1) is 28.2. The fourth-order valence-electron chi connectivity index (χ4n) is 8.27. The fourth-order valence-corrected chi connectivity index (χ4v) is 9.89. The van der Waals surface area contributed by atoms with Crippen LogP contribution in [0.15, 0.2) is 131 Å². The minimum atomic E-state index is -3.88. The molecule has 0 unspecified atom stereocenters. The van der Waals surface area contributed by atoms with Gasteiger partial charge in [-0.25, -0.2) is 8.42 Å². The lowest BCUT2D eigenvalue weighted by molar-refractivity contribution is 0.103. The molecule has 4 heteroatoms. The molecule has 0 saturated heterocycles. The van der Waals surface area contributed by atoms with E-state index in [1.54, 1.807) is 24.3 Å². The number of hydrogen-bond acceptors (Lipinski definition) is 3. The number of carbonyl (C=O) groups excluding carboxylic acids is 1. The normalized spacial score (nSPS) is 16.8. The minimum absolute atomic E-state index is 0.0671. The summed E-state index contributed by atoms with van der Waals surface area (Å²) in [7, 11) is -3.88. The van der Waals surface area contributed by atoms with E-state index in [4.69, 9.17) is 0 Å². The van der Waals surface area contributed by atoms with Crippen molar-refractivity contribution >= 4 is 15.6 Å². The van der Waals surface area contributed by atoms with E-state index in [0.29, 0.717) is 0 Å². The summed E-state index contributed by atoms with van der Waals surface area (Å²) in [5.74, 6) is -0.267. The maximum absolute atomic E-state index is 14.2. The molecule has 0 saturated carbocycles. The van der Waals surface area contributed by atoms with Crippen molar-refractivity contribution in [3.8, 4) is 44.5 Å². The molecule has 9 rings (SSSR count). The zero-order valence-electron chi connectivity index (χ0n) is 26.7. The van der Waals surface area contributed by atoms with Gasteiger partial charge in [-0.05, 0) is 103 Å². The predicted molar refractivity (Wildman–Crippen MR) is 188 cm³/mol. The topological polar surface area (TPSA) is 51.2 Å². The monoisotopic (exact) mass is 628 g/mol. The molecular weight excluding hydrogens is 597 g/mol. The number of benzene rings is 6. The van der Waals surface area contributed by atoms with Crippen molar-refractivity contribution in [1.82, 2.24) is 0 Å². The quantitative estimate of drug-likeness (QED) is 0.191. The van der Waals surface area contributed by atoms with Crippen LogP contribution in [-0.4, -0.2) is 14.2 Å². The van der Waals surface area contributed by atoms with Crippen LogP contribution in [0.25, 0.3) is 44.5 Å².